The standard InChI is InChI=1S/C29H34N4O4S/c1-4-6-26(36-3)37-23-13-15-32(16-14-23)22-10-7-20(8-11-22)27-31-33-18-25(30-29(33)38-27)21-9-12-24(28(34)35)19(5-2)17-21/h7-12,17-18,23,26H,4-6,13-16H2,1-3H3,(H,34,35)/p-1. The molecule has 0 radical (unpaired) electrons. The molecular weight excluding hydrogens is 500 g/mol. The van der Waals surface area contributed by atoms with Crippen molar-refractivity contribution in [2.75, 3.05) is 25.1 Å². The Morgan fingerprint density at radius 3 is 2.50 bits per heavy atom. The number of carbonyl (C=O) groups is 1. The molecule has 0 amide bonds. The van der Waals surface area contributed by atoms with Crippen LogP contribution in [0.3, 0.4) is 0 Å². The lowest BCUT2D eigenvalue weighted by Crippen LogP contribution is -2.38. The smallest absolute Gasteiger partial charge is 0.213 e. The van der Waals surface area contributed by atoms with E-state index in [1.54, 1.807) is 23.8 Å². The second kappa shape index (κ2) is 11.6. The Kier molecular flexibility index (Phi) is 8.06. The van der Waals surface area contributed by atoms with E-state index in [0.717, 1.165) is 71.1 Å². The van der Waals surface area contributed by atoms with Crippen molar-refractivity contribution >= 4 is 28.0 Å². The lowest BCUT2D eigenvalue weighted by atomic mass is 10.0. The molecule has 200 valence electrons. The molecule has 1 aliphatic heterocycles. The average Bonchev–Trinajstić information content (AvgIpc) is 3.53. The van der Waals surface area contributed by atoms with Gasteiger partial charge in [-0.15, -0.1) is 0 Å². The fourth-order valence-electron chi connectivity index (χ4n) is 4.96. The fourth-order valence-corrected chi connectivity index (χ4v) is 5.84. The minimum Gasteiger partial charge on any atom is -0.545 e. The maximum Gasteiger partial charge on any atom is 0.213 e. The van der Waals surface area contributed by atoms with E-state index in [1.165, 1.54) is 17.0 Å². The molecule has 1 atom stereocenters. The molecule has 0 N–H and O–H groups in total. The number of methoxy groups -OCH3 is 1. The number of nitrogens with zero attached hydrogens (tertiary/aromatic N) is 4. The van der Waals surface area contributed by atoms with Crippen LogP contribution in [-0.4, -0.2) is 53.2 Å². The third-order valence-electron chi connectivity index (χ3n) is 7.10. The van der Waals surface area contributed by atoms with Crippen molar-refractivity contribution in [3.05, 3.63) is 59.8 Å². The fraction of sp³-hybridized carbons (Fsp3) is 0.414. The van der Waals surface area contributed by atoms with E-state index in [1.807, 2.05) is 19.2 Å². The Morgan fingerprint density at radius 2 is 1.87 bits per heavy atom. The normalized spacial score (nSPS) is 15.3. The number of piperidine rings is 1. The molecule has 0 spiro atoms. The summed E-state index contributed by atoms with van der Waals surface area (Å²) in [5.74, 6) is -1.15. The Balaban J connectivity index is 1.24. The quantitative estimate of drug-likeness (QED) is 0.270. The highest BCUT2D eigenvalue weighted by molar-refractivity contribution is 7.19. The van der Waals surface area contributed by atoms with E-state index in [4.69, 9.17) is 19.6 Å². The van der Waals surface area contributed by atoms with E-state index in [0.29, 0.717) is 6.42 Å². The maximum atomic E-state index is 11.3. The summed E-state index contributed by atoms with van der Waals surface area (Å²) >= 11 is 1.53. The van der Waals surface area contributed by atoms with Crippen molar-refractivity contribution in [2.24, 2.45) is 0 Å². The third-order valence-corrected chi connectivity index (χ3v) is 8.07. The number of carboxylic acid groups (broad SMARTS) is 1. The molecule has 5 rings (SSSR count). The zero-order valence-electron chi connectivity index (χ0n) is 22.1. The van der Waals surface area contributed by atoms with Gasteiger partial charge in [-0.1, -0.05) is 43.7 Å². The largest absolute Gasteiger partial charge is 0.545 e. The van der Waals surface area contributed by atoms with Gasteiger partial charge in [0.1, 0.15) is 5.01 Å². The predicted octanol–water partition coefficient (Wildman–Crippen LogP) is 4.81. The highest BCUT2D eigenvalue weighted by Crippen LogP contribution is 2.31. The van der Waals surface area contributed by atoms with Crippen LogP contribution in [0.1, 0.15) is 55.5 Å². The zero-order chi connectivity index (χ0) is 26.6. The minimum absolute atomic E-state index is 0.102. The molecule has 1 aliphatic rings. The van der Waals surface area contributed by atoms with Gasteiger partial charge in [-0.05, 0) is 61.6 Å². The van der Waals surface area contributed by atoms with Gasteiger partial charge in [0.25, 0.3) is 0 Å². The first-order chi connectivity index (χ1) is 18.5. The van der Waals surface area contributed by atoms with Gasteiger partial charge in [0.15, 0.2) is 6.29 Å². The number of hydrogen-bond acceptors (Lipinski definition) is 8. The molecule has 1 fully saturated rings. The van der Waals surface area contributed by atoms with Crippen molar-refractivity contribution in [2.45, 2.75) is 58.3 Å². The molecule has 38 heavy (non-hydrogen) atoms. The summed E-state index contributed by atoms with van der Waals surface area (Å²) in [6.07, 6.45) is 6.61. The molecule has 0 bridgehead atoms. The van der Waals surface area contributed by atoms with E-state index in [-0.39, 0.29) is 18.0 Å². The van der Waals surface area contributed by atoms with Crippen LogP contribution in [0.15, 0.2) is 48.7 Å². The van der Waals surface area contributed by atoms with Crippen molar-refractivity contribution in [1.29, 1.82) is 0 Å². The number of benzene rings is 2. The summed E-state index contributed by atoms with van der Waals surface area (Å²) in [5.41, 5.74) is 4.86. The molecule has 0 saturated carbocycles. The molecule has 8 nitrogen and oxygen atoms in total. The number of carboxylic acids is 1. The van der Waals surface area contributed by atoms with E-state index >= 15 is 0 Å². The van der Waals surface area contributed by atoms with Crippen LogP contribution in [0.25, 0.3) is 26.8 Å². The van der Waals surface area contributed by atoms with Gasteiger partial charge in [-0.25, -0.2) is 9.50 Å². The summed E-state index contributed by atoms with van der Waals surface area (Å²) < 4.78 is 13.4. The maximum absolute atomic E-state index is 11.3. The summed E-state index contributed by atoms with van der Waals surface area (Å²) in [6.45, 7) is 6.00. The second-order valence-electron chi connectivity index (χ2n) is 9.60. The Hall–Kier alpha value is -3.27. The van der Waals surface area contributed by atoms with Gasteiger partial charge in [0, 0.05) is 42.6 Å². The van der Waals surface area contributed by atoms with E-state index in [2.05, 4.69) is 36.1 Å². The first-order valence-electron chi connectivity index (χ1n) is 13.2. The first kappa shape index (κ1) is 26.3. The van der Waals surface area contributed by atoms with E-state index in [9.17, 15) is 9.90 Å². The van der Waals surface area contributed by atoms with Crippen LogP contribution >= 0.6 is 11.3 Å². The first-order valence-corrected chi connectivity index (χ1v) is 14.0. The summed E-state index contributed by atoms with van der Waals surface area (Å²) in [4.78, 5) is 19.3. The number of rotatable bonds is 10. The monoisotopic (exact) mass is 533 g/mol. The minimum atomic E-state index is -1.15. The number of fused-ring (bicyclic) bond motifs is 1. The highest BCUT2D eigenvalue weighted by Gasteiger charge is 2.23. The molecule has 2 aromatic heterocycles. The number of imidazole rings is 1. The van der Waals surface area contributed by atoms with Crippen LogP contribution < -0.4 is 10.0 Å². The van der Waals surface area contributed by atoms with Crippen LogP contribution in [0.2, 0.25) is 0 Å². The van der Waals surface area contributed by atoms with Crippen LogP contribution in [0.5, 0.6) is 0 Å². The third kappa shape index (κ3) is 5.60. The van der Waals surface area contributed by atoms with Gasteiger partial charge in [-0.2, -0.15) is 5.10 Å². The number of aromatic carboxylic acids is 1. The van der Waals surface area contributed by atoms with Gasteiger partial charge in [-0.3, -0.25) is 0 Å². The van der Waals surface area contributed by atoms with Crippen molar-refractivity contribution in [3.8, 4) is 21.8 Å². The average molecular weight is 534 g/mol. The number of anilines is 1. The topological polar surface area (TPSA) is 92.0 Å². The molecular formula is C29H33N4O4S-. The lowest BCUT2D eigenvalue weighted by molar-refractivity contribution is -0.255. The summed E-state index contributed by atoms with van der Waals surface area (Å²) in [7, 11) is 1.72. The number of aryl methyl sites for hydroxylation is 1. The Bertz CT molecular complexity index is 1360. The predicted molar refractivity (Wildman–Crippen MR) is 147 cm³/mol. The molecule has 9 heteroatoms. The molecule has 2 aromatic carbocycles. The number of carbonyl (C=O) groups excluding carboxylic acids is 1. The Labute approximate surface area is 226 Å². The van der Waals surface area contributed by atoms with Gasteiger partial charge >= 0.3 is 0 Å². The van der Waals surface area contributed by atoms with Crippen LogP contribution in [-0.2, 0) is 15.9 Å². The van der Waals surface area contributed by atoms with E-state index < -0.39 is 5.97 Å². The van der Waals surface area contributed by atoms with Gasteiger partial charge in [0.2, 0.25) is 4.96 Å². The molecule has 0 aliphatic carbocycles. The second-order valence-corrected chi connectivity index (χ2v) is 10.6. The van der Waals surface area contributed by atoms with Crippen molar-refractivity contribution in [3.63, 3.8) is 0 Å². The molecule has 4 aromatic rings. The van der Waals surface area contributed by atoms with Crippen molar-refractivity contribution < 1.29 is 19.4 Å². The summed E-state index contributed by atoms with van der Waals surface area (Å²) in [6, 6.07) is 13.8. The van der Waals surface area contributed by atoms with Crippen LogP contribution in [0.4, 0.5) is 5.69 Å². The molecule has 1 unspecified atom stereocenters. The summed E-state index contributed by atoms with van der Waals surface area (Å²) in [5, 5.41) is 17.0. The zero-order valence-corrected chi connectivity index (χ0v) is 22.9. The number of aromatic nitrogens is 3. The van der Waals surface area contributed by atoms with Gasteiger partial charge < -0.3 is 24.3 Å². The van der Waals surface area contributed by atoms with Crippen molar-refractivity contribution in [1.82, 2.24) is 14.6 Å². The highest BCUT2D eigenvalue weighted by atomic mass is 32.1. The van der Waals surface area contributed by atoms with Crippen LogP contribution in [0, 0.1) is 0 Å². The van der Waals surface area contributed by atoms with Gasteiger partial charge in [0.05, 0.1) is 24.0 Å². The lowest BCUT2D eigenvalue weighted by Gasteiger charge is -2.35. The SMILES string of the molecule is CCCC(OC)OC1CCN(c2ccc(-c3nn4cc(-c5ccc(C(=O)[O-])c(CC)c5)nc4s3)cc2)CC1. The molecule has 1 saturated heterocycles. The molecule has 3 heterocycles. The number of ether oxygens (including phenoxy) is 2. The Morgan fingerprint density at radius 1 is 1.13 bits per heavy atom. The number of hydrogen-bond donors (Lipinski definition) is 0.